The summed E-state index contributed by atoms with van der Waals surface area (Å²) >= 11 is 0. The van der Waals surface area contributed by atoms with Crippen LogP contribution in [0.2, 0.25) is 0 Å². The molecule has 0 bridgehead atoms. The highest BCUT2D eigenvalue weighted by Crippen LogP contribution is 2.41. The van der Waals surface area contributed by atoms with Crippen molar-refractivity contribution in [2.75, 3.05) is 6.61 Å². The molecule has 11 heteroatoms. The van der Waals surface area contributed by atoms with Crippen LogP contribution in [0.5, 0.6) is 5.75 Å². The third-order valence-electron chi connectivity index (χ3n) is 4.78. The molecule has 0 saturated heterocycles. The molecular weight excluding hydrogens is 416 g/mol. The Balaban J connectivity index is 2.02. The molecule has 1 aromatic heterocycles. The van der Waals surface area contributed by atoms with Crippen LogP contribution in [0.1, 0.15) is 30.2 Å². The summed E-state index contributed by atoms with van der Waals surface area (Å²) in [4.78, 5) is 16.6. The van der Waals surface area contributed by atoms with Crippen LogP contribution < -0.4 is 15.4 Å². The molecule has 5 nitrogen and oxygen atoms in total. The lowest BCUT2D eigenvalue weighted by Gasteiger charge is -2.39. The van der Waals surface area contributed by atoms with Gasteiger partial charge in [-0.25, -0.2) is 4.79 Å². The molecule has 2 amide bonds. The second kappa shape index (κ2) is 7.69. The predicted molar refractivity (Wildman–Crippen MR) is 93.8 cm³/mol. The fourth-order valence-corrected chi connectivity index (χ4v) is 3.19. The van der Waals surface area contributed by atoms with E-state index in [9.17, 15) is 31.1 Å². The number of ether oxygens (including phenoxy) is 1. The van der Waals surface area contributed by atoms with Gasteiger partial charge in [0.1, 0.15) is 23.0 Å². The number of hydrogen-bond donors (Lipinski definition) is 2. The molecule has 0 spiro atoms. The molecule has 2 unspecified atom stereocenters. The number of urea groups is 1. The van der Waals surface area contributed by atoms with E-state index in [1.54, 1.807) is 17.4 Å². The van der Waals surface area contributed by atoms with Crippen molar-refractivity contribution >= 4 is 6.03 Å². The van der Waals surface area contributed by atoms with Gasteiger partial charge in [-0.15, -0.1) is 0 Å². The second-order valence-electron chi connectivity index (χ2n) is 6.79. The van der Waals surface area contributed by atoms with Crippen molar-refractivity contribution < 1.29 is 35.9 Å². The normalized spacial score (nSPS) is 20.0. The first-order chi connectivity index (χ1) is 13.9. The number of nitrogens with one attached hydrogen (secondary N) is 2. The van der Waals surface area contributed by atoms with Crippen molar-refractivity contribution in [2.24, 2.45) is 0 Å². The van der Waals surface area contributed by atoms with Gasteiger partial charge < -0.3 is 15.4 Å². The van der Waals surface area contributed by atoms with Crippen LogP contribution in [-0.4, -0.2) is 29.8 Å². The maximum atomic E-state index is 12.9. The third-order valence-corrected chi connectivity index (χ3v) is 4.78. The van der Waals surface area contributed by atoms with E-state index in [-0.39, 0.29) is 30.0 Å². The summed E-state index contributed by atoms with van der Waals surface area (Å²) in [7, 11) is 0. The van der Waals surface area contributed by atoms with Gasteiger partial charge in [-0.1, -0.05) is 12.1 Å². The van der Waals surface area contributed by atoms with Crippen LogP contribution in [0.3, 0.4) is 0 Å². The number of aromatic nitrogens is 1. The molecule has 1 aromatic carbocycles. The molecule has 2 N–H and O–H groups in total. The number of alkyl halides is 6. The van der Waals surface area contributed by atoms with Crippen molar-refractivity contribution in [3.63, 3.8) is 0 Å². The first kappa shape index (κ1) is 21.7. The maximum absolute atomic E-state index is 12.9. The van der Waals surface area contributed by atoms with Crippen molar-refractivity contribution in [1.82, 2.24) is 15.6 Å². The fourth-order valence-electron chi connectivity index (χ4n) is 3.19. The zero-order valence-electron chi connectivity index (χ0n) is 15.6. The number of pyridine rings is 1. The SMILES string of the molecule is CC(NC(=O)NC1(c2ccc(C(F)(F)F)cc2)CCOc2cccnc21)C(F)(F)F. The zero-order valence-corrected chi connectivity index (χ0v) is 15.6. The minimum atomic E-state index is -4.66. The van der Waals surface area contributed by atoms with Gasteiger partial charge in [-0.2, -0.15) is 26.3 Å². The van der Waals surface area contributed by atoms with E-state index in [1.165, 1.54) is 18.3 Å². The average Bonchev–Trinajstić information content (AvgIpc) is 2.67. The van der Waals surface area contributed by atoms with Crippen molar-refractivity contribution in [1.29, 1.82) is 0 Å². The number of nitrogens with zero attached hydrogens (tertiary/aromatic N) is 1. The van der Waals surface area contributed by atoms with Crippen LogP contribution in [0.25, 0.3) is 0 Å². The van der Waals surface area contributed by atoms with E-state index in [0.29, 0.717) is 0 Å². The van der Waals surface area contributed by atoms with Gasteiger partial charge in [0.2, 0.25) is 0 Å². The Morgan fingerprint density at radius 3 is 2.40 bits per heavy atom. The van der Waals surface area contributed by atoms with Gasteiger partial charge in [-0.3, -0.25) is 4.98 Å². The molecule has 1 aliphatic rings. The van der Waals surface area contributed by atoms with E-state index < -0.39 is 35.5 Å². The summed E-state index contributed by atoms with van der Waals surface area (Å²) in [6.45, 7) is 0.843. The Kier molecular flexibility index (Phi) is 5.57. The van der Waals surface area contributed by atoms with Crippen molar-refractivity contribution in [2.45, 2.75) is 37.3 Å². The molecule has 0 aliphatic carbocycles. The topological polar surface area (TPSA) is 63.2 Å². The third kappa shape index (κ3) is 4.29. The van der Waals surface area contributed by atoms with E-state index in [4.69, 9.17) is 4.74 Å². The zero-order chi connectivity index (χ0) is 22.2. The molecule has 0 fully saturated rings. The maximum Gasteiger partial charge on any atom is 0.416 e. The summed E-state index contributed by atoms with van der Waals surface area (Å²) in [6, 6.07) is 3.86. The minimum absolute atomic E-state index is 0.0518. The number of rotatable bonds is 3. The standard InChI is InChI=1S/C19H17F6N3O2/c1-11(18(20,21)22)27-16(29)28-17(8-10-30-14-3-2-9-26-15(14)17)12-4-6-13(7-5-12)19(23,24)25/h2-7,9,11H,8,10H2,1H3,(H2,27,28,29). The molecular formula is C19H17F6N3O2. The lowest BCUT2D eigenvalue weighted by atomic mass is 9.81. The number of carbonyl (C=O) groups is 1. The summed E-state index contributed by atoms with van der Waals surface area (Å²) in [5.41, 5.74) is -1.96. The van der Waals surface area contributed by atoms with Crippen molar-refractivity contribution in [3.05, 3.63) is 59.4 Å². The smallest absolute Gasteiger partial charge is 0.416 e. The van der Waals surface area contributed by atoms with E-state index in [2.05, 4.69) is 10.3 Å². The Bertz CT molecular complexity index is 914. The molecule has 2 aromatic rings. The first-order valence-corrected chi connectivity index (χ1v) is 8.85. The summed E-state index contributed by atoms with van der Waals surface area (Å²) in [5.74, 6) is 0.271. The number of hydrogen-bond acceptors (Lipinski definition) is 3. The Hall–Kier alpha value is -2.98. The summed E-state index contributed by atoms with van der Waals surface area (Å²) in [5, 5.41) is 4.30. The molecule has 2 atom stereocenters. The molecule has 0 saturated carbocycles. The summed E-state index contributed by atoms with van der Waals surface area (Å²) < 4.78 is 82.8. The van der Waals surface area contributed by atoms with Gasteiger partial charge in [-0.05, 0) is 36.8 Å². The number of carbonyl (C=O) groups excluding carboxylic acids is 1. The first-order valence-electron chi connectivity index (χ1n) is 8.85. The highest BCUT2D eigenvalue weighted by atomic mass is 19.4. The van der Waals surface area contributed by atoms with Gasteiger partial charge in [0.05, 0.1) is 12.2 Å². The highest BCUT2D eigenvalue weighted by Gasteiger charge is 2.44. The Morgan fingerprint density at radius 2 is 1.80 bits per heavy atom. The van der Waals surface area contributed by atoms with Gasteiger partial charge in [0.25, 0.3) is 0 Å². The van der Waals surface area contributed by atoms with Gasteiger partial charge in [0.15, 0.2) is 0 Å². The fraction of sp³-hybridized carbons (Fsp3) is 0.368. The molecule has 162 valence electrons. The summed E-state index contributed by atoms with van der Waals surface area (Å²) in [6.07, 6.45) is -7.78. The van der Waals surface area contributed by atoms with Crippen LogP contribution in [-0.2, 0) is 11.7 Å². The van der Waals surface area contributed by atoms with Crippen LogP contribution in [0.15, 0.2) is 42.6 Å². The number of halogens is 6. The molecule has 3 rings (SSSR count). The van der Waals surface area contributed by atoms with Gasteiger partial charge in [0, 0.05) is 12.6 Å². The quantitative estimate of drug-likeness (QED) is 0.707. The number of fused-ring (bicyclic) bond motifs is 1. The lowest BCUT2D eigenvalue weighted by Crippen LogP contribution is -2.56. The molecule has 30 heavy (non-hydrogen) atoms. The van der Waals surface area contributed by atoms with Crippen LogP contribution in [0.4, 0.5) is 31.1 Å². The Morgan fingerprint density at radius 1 is 1.13 bits per heavy atom. The molecule has 2 heterocycles. The van der Waals surface area contributed by atoms with Gasteiger partial charge >= 0.3 is 18.4 Å². The highest BCUT2D eigenvalue weighted by molar-refractivity contribution is 5.76. The largest absolute Gasteiger partial charge is 0.491 e. The molecule has 0 radical (unpaired) electrons. The van der Waals surface area contributed by atoms with Crippen LogP contribution in [0, 0.1) is 0 Å². The lowest BCUT2D eigenvalue weighted by molar-refractivity contribution is -0.148. The average molecular weight is 433 g/mol. The van der Waals surface area contributed by atoms with E-state index in [0.717, 1.165) is 19.1 Å². The Labute approximate surface area is 167 Å². The van der Waals surface area contributed by atoms with Crippen molar-refractivity contribution in [3.8, 4) is 5.75 Å². The number of amides is 2. The van der Waals surface area contributed by atoms with Crippen LogP contribution >= 0.6 is 0 Å². The predicted octanol–water partition coefficient (Wildman–Crippen LogP) is 4.38. The molecule has 1 aliphatic heterocycles. The number of benzene rings is 1. The second-order valence-corrected chi connectivity index (χ2v) is 6.79. The van der Waals surface area contributed by atoms with E-state index in [1.807, 2.05) is 0 Å². The van der Waals surface area contributed by atoms with E-state index >= 15 is 0 Å². The monoisotopic (exact) mass is 433 g/mol. The minimum Gasteiger partial charge on any atom is -0.491 e.